The predicted molar refractivity (Wildman–Crippen MR) is 93.0 cm³/mol. The van der Waals surface area contributed by atoms with Gasteiger partial charge in [0, 0.05) is 29.6 Å². The van der Waals surface area contributed by atoms with Gasteiger partial charge >= 0.3 is 0 Å². The van der Waals surface area contributed by atoms with Gasteiger partial charge in [-0.15, -0.1) is 11.8 Å². The largest absolute Gasteiger partial charge is 0.351 e. The number of carbonyl (C=O) groups excluding carboxylic acids is 2. The van der Waals surface area contributed by atoms with E-state index in [-0.39, 0.29) is 11.8 Å². The molecule has 0 aromatic heterocycles. The third kappa shape index (κ3) is 4.06. The molecule has 0 saturated carbocycles. The Kier molecular flexibility index (Phi) is 5.23. The number of thioether (sulfide) groups is 1. The average Bonchev–Trinajstić information content (AvgIpc) is 2.55. The Morgan fingerprint density at radius 2 is 2.30 bits per heavy atom. The summed E-state index contributed by atoms with van der Waals surface area (Å²) in [5.74, 6) is 0.341. The van der Waals surface area contributed by atoms with E-state index in [2.05, 4.69) is 22.5 Å². The first-order valence-electron chi connectivity index (χ1n) is 8.22. The fourth-order valence-corrected chi connectivity index (χ4v) is 3.92. The summed E-state index contributed by atoms with van der Waals surface area (Å²) in [7, 11) is 0. The Balaban J connectivity index is 1.54. The normalized spacial score (nSPS) is 21.4. The van der Waals surface area contributed by atoms with E-state index >= 15 is 0 Å². The first kappa shape index (κ1) is 16.3. The lowest BCUT2D eigenvalue weighted by Gasteiger charge is -2.33. The standard InChI is InChI=1S/C17H23N3O2S/c1-12-4-2-3-8-20(12)9-7-18-17(22)13-5-6-15-14(10-13)19-16(21)11-23-15/h5-6,10,12H,2-4,7-9,11H2,1H3,(H,18,22)(H,19,21). The molecule has 2 amide bonds. The van der Waals surface area contributed by atoms with E-state index in [0.717, 1.165) is 23.7 Å². The maximum atomic E-state index is 12.3. The first-order chi connectivity index (χ1) is 11.1. The van der Waals surface area contributed by atoms with Gasteiger partial charge in [0.1, 0.15) is 0 Å². The molecule has 0 bridgehead atoms. The van der Waals surface area contributed by atoms with Crippen LogP contribution in [0.5, 0.6) is 0 Å². The van der Waals surface area contributed by atoms with Gasteiger partial charge in [0.05, 0.1) is 11.4 Å². The van der Waals surface area contributed by atoms with Crippen molar-refractivity contribution in [1.29, 1.82) is 0 Å². The van der Waals surface area contributed by atoms with Crippen LogP contribution >= 0.6 is 11.8 Å². The molecule has 1 saturated heterocycles. The number of amides is 2. The highest BCUT2D eigenvalue weighted by molar-refractivity contribution is 8.00. The number of rotatable bonds is 4. The summed E-state index contributed by atoms with van der Waals surface area (Å²) in [6.07, 6.45) is 3.81. The van der Waals surface area contributed by atoms with E-state index in [9.17, 15) is 9.59 Å². The topological polar surface area (TPSA) is 61.4 Å². The van der Waals surface area contributed by atoms with Gasteiger partial charge in [-0.05, 0) is 44.5 Å². The third-order valence-electron chi connectivity index (χ3n) is 4.50. The molecule has 2 heterocycles. The van der Waals surface area contributed by atoms with E-state index in [1.54, 1.807) is 6.07 Å². The van der Waals surface area contributed by atoms with Crippen LogP contribution in [0.4, 0.5) is 5.69 Å². The van der Waals surface area contributed by atoms with Crippen LogP contribution in [0.15, 0.2) is 23.1 Å². The summed E-state index contributed by atoms with van der Waals surface area (Å²) in [5, 5.41) is 5.81. The molecule has 0 spiro atoms. The van der Waals surface area contributed by atoms with Gasteiger partial charge in [-0.3, -0.25) is 14.5 Å². The van der Waals surface area contributed by atoms with Crippen LogP contribution < -0.4 is 10.6 Å². The minimum atomic E-state index is -0.0812. The van der Waals surface area contributed by atoms with Crippen molar-refractivity contribution < 1.29 is 9.59 Å². The van der Waals surface area contributed by atoms with Gasteiger partial charge in [-0.2, -0.15) is 0 Å². The van der Waals surface area contributed by atoms with Gasteiger partial charge in [-0.1, -0.05) is 6.42 Å². The van der Waals surface area contributed by atoms with Crippen molar-refractivity contribution in [3.8, 4) is 0 Å². The Morgan fingerprint density at radius 1 is 1.43 bits per heavy atom. The molecule has 1 fully saturated rings. The molecular weight excluding hydrogens is 310 g/mol. The number of hydrogen-bond acceptors (Lipinski definition) is 4. The summed E-state index contributed by atoms with van der Waals surface area (Å²) < 4.78 is 0. The predicted octanol–water partition coefficient (Wildman–Crippen LogP) is 2.33. The SMILES string of the molecule is CC1CCCCN1CCNC(=O)c1ccc2c(c1)NC(=O)CS2. The molecule has 1 unspecified atom stereocenters. The quantitative estimate of drug-likeness (QED) is 0.888. The number of fused-ring (bicyclic) bond motifs is 1. The van der Waals surface area contributed by atoms with Crippen molar-refractivity contribution in [3.63, 3.8) is 0 Å². The minimum Gasteiger partial charge on any atom is -0.351 e. The minimum absolute atomic E-state index is 0.0147. The van der Waals surface area contributed by atoms with Crippen LogP contribution in [0.2, 0.25) is 0 Å². The van der Waals surface area contributed by atoms with Crippen LogP contribution in [-0.4, -0.2) is 48.1 Å². The van der Waals surface area contributed by atoms with Crippen molar-refractivity contribution in [2.45, 2.75) is 37.1 Å². The van der Waals surface area contributed by atoms with Crippen molar-refractivity contribution >= 4 is 29.3 Å². The molecule has 1 aromatic rings. The van der Waals surface area contributed by atoms with Crippen LogP contribution in [-0.2, 0) is 4.79 Å². The fraction of sp³-hybridized carbons (Fsp3) is 0.529. The highest BCUT2D eigenvalue weighted by Gasteiger charge is 2.19. The summed E-state index contributed by atoms with van der Waals surface area (Å²) in [6.45, 7) is 4.93. The third-order valence-corrected chi connectivity index (χ3v) is 5.57. The van der Waals surface area contributed by atoms with Crippen LogP contribution in [0, 0.1) is 0 Å². The summed E-state index contributed by atoms with van der Waals surface area (Å²) in [6, 6.07) is 6.10. The lowest BCUT2D eigenvalue weighted by atomic mass is 10.0. The van der Waals surface area contributed by atoms with Gasteiger partial charge in [-0.25, -0.2) is 0 Å². The van der Waals surface area contributed by atoms with E-state index < -0.39 is 0 Å². The van der Waals surface area contributed by atoms with Gasteiger partial charge in [0.25, 0.3) is 5.91 Å². The molecule has 1 atom stereocenters. The highest BCUT2D eigenvalue weighted by atomic mass is 32.2. The molecule has 2 aliphatic rings. The van der Waals surface area contributed by atoms with E-state index in [4.69, 9.17) is 0 Å². The number of anilines is 1. The molecule has 2 aliphatic heterocycles. The molecule has 0 radical (unpaired) electrons. The van der Waals surface area contributed by atoms with Crippen molar-refractivity contribution in [1.82, 2.24) is 10.2 Å². The molecule has 3 rings (SSSR count). The van der Waals surface area contributed by atoms with Crippen molar-refractivity contribution in [2.24, 2.45) is 0 Å². The number of hydrogen-bond donors (Lipinski definition) is 2. The summed E-state index contributed by atoms with van der Waals surface area (Å²) in [5.41, 5.74) is 1.33. The monoisotopic (exact) mass is 333 g/mol. The molecule has 23 heavy (non-hydrogen) atoms. The van der Waals surface area contributed by atoms with Gasteiger partial charge in [0.15, 0.2) is 0 Å². The average molecular weight is 333 g/mol. The summed E-state index contributed by atoms with van der Waals surface area (Å²) >= 11 is 1.50. The van der Waals surface area contributed by atoms with E-state index in [1.165, 1.54) is 31.0 Å². The maximum Gasteiger partial charge on any atom is 0.251 e. The first-order valence-corrected chi connectivity index (χ1v) is 9.21. The number of likely N-dealkylation sites (tertiary alicyclic amines) is 1. The zero-order valence-electron chi connectivity index (χ0n) is 13.4. The molecular formula is C17H23N3O2S. The summed E-state index contributed by atoms with van der Waals surface area (Å²) in [4.78, 5) is 27.2. The Bertz CT molecular complexity index is 606. The van der Waals surface area contributed by atoms with Crippen LogP contribution in [0.1, 0.15) is 36.5 Å². The molecule has 6 heteroatoms. The van der Waals surface area contributed by atoms with E-state index in [1.807, 2.05) is 12.1 Å². The molecule has 2 N–H and O–H groups in total. The maximum absolute atomic E-state index is 12.3. The zero-order chi connectivity index (χ0) is 16.2. The number of nitrogens with one attached hydrogen (secondary N) is 2. The number of nitrogens with zero attached hydrogens (tertiary/aromatic N) is 1. The lowest BCUT2D eigenvalue weighted by molar-refractivity contribution is -0.113. The number of piperidine rings is 1. The van der Waals surface area contributed by atoms with Gasteiger partial charge in [0.2, 0.25) is 5.91 Å². The Hall–Kier alpha value is -1.53. The number of carbonyl (C=O) groups is 2. The second-order valence-corrected chi connectivity index (χ2v) is 7.20. The molecule has 124 valence electrons. The second-order valence-electron chi connectivity index (χ2n) is 6.18. The Labute approximate surface area is 141 Å². The Morgan fingerprint density at radius 3 is 3.13 bits per heavy atom. The van der Waals surface area contributed by atoms with Crippen molar-refractivity contribution in [2.75, 3.05) is 30.7 Å². The molecule has 1 aromatic carbocycles. The van der Waals surface area contributed by atoms with E-state index in [0.29, 0.717) is 23.9 Å². The molecule has 0 aliphatic carbocycles. The van der Waals surface area contributed by atoms with Gasteiger partial charge < -0.3 is 10.6 Å². The highest BCUT2D eigenvalue weighted by Crippen LogP contribution is 2.31. The van der Waals surface area contributed by atoms with Crippen molar-refractivity contribution in [3.05, 3.63) is 23.8 Å². The number of benzene rings is 1. The fourth-order valence-electron chi connectivity index (χ4n) is 3.13. The second kappa shape index (κ2) is 7.36. The molecule has 5 nitrogen and oxygen atoms in total. The smallest absolute Gasteiger partial charge is 0.251 e. The zero-order valence-corrected chi connectivity index (χ0v) is 14.2. The lowest BCUT2D eigenvalue weighted by Crippen LogP contribution is -2.42. The van der Waals surface area contributed by atoms with Crippen LogP contribution in [0.3, 0.4) is 0 Å². The van der Waals surface area contributed by atoms with Crippen LogP contribution in [0.25, 0.3) is 0 Å².